The minimum atomic E-state index is -1.69. The molecule has 0 aromatic rings. The minimum absolute atomic E-state index is 0.312. The Morgan fingerprint density at radius 3 is 2.12 bits per heavy atom. The first kappa shape index (κ1) is 7.46. The summed E-state index contributed by atoms with van der Waals surface area (Å²) < 4.78 is 4.96. The Balaban J connectivity index is 3.50. The summed E-state index contributed by atoms with van der Waals surface area (Å²) in [6.07, 6.45) is 1.46. The molecule has 0 unspecified atom stereocenters. The summed E-state index contributed by atoms with van der Waals surface area (Å²) in [6.45, 7) is 3.32. The van der Waals surface area contributed by atoms with Crippen LogP contribution in [0.25, 0.3) is 0 Å². The quantitative estimate of drug-likeness (QED) is 0.353. The number of nitrogens with zero attached hydrogens (tertiary/aromatic N) is 2. The third-order valence-corrected chi connectivity index (χ3v) is 1.57. The molecule has 0 atom stereocenters. The maximum atomic E-state index is 9.57. The summed E-state index contributed by atoms with van der Waals surface area (Å²) in [4.78, 5) is 19.1. The third kappa shape index (κ3) is 2.60. The van der Waals surface area contributed by atoms with Crippen molar-refractivity contribution in [2.75, 3.05) is 0 Å². The molecule has 0 heterocycles. The molecular weight excluding hydrogens is 152 g/mol. The molecule has 5 heteroatoms. The van der Waals surface area contributed by atoms with Crippen LogP contribution in [0.5, 0.6) is 0 Å². The number of hydrogen-bond acceptors (Lipinski definition) is 4. The predicted molar refractivity (Wildman–Crippen MR) is 26.6 cm³/mol. The molecule has 0 spiro atoms. The van der Waals surface area contributed by atoms with E-state index in [1.165, 1.54) is 6.08 Å². The van der Waals surface area contributed by atoms with Crippen molar-refractivity contribution >= 4 is 0 Å². The number of nitroso groups, excluding NO2 is 2. The van der Waals surface area contributed by atoms with E-state index in [2.05, 4.69) is 15.0 Å². The van der Waals surface area contributed by atoms with Crippen LogP contribution in [0.2, 0.25) is 5.32 Å². The van der Waals surface area contributed by atoms with E-state index in [1.807, 2.05) is 0 Å². The summed E-state index contributed by atoms with van der Waals surface area (Å²) in [5.41, 5.74) is 0. The fourth-order valence-electron chi connectivity index (χ4n) is 0.156. The van der Waals surface area contributed by atoms with E-state index in [1.54, 1.807) is 0 Å². The fraction of sp³-hybridized carbons (Fsp3) is 0.333. The van der Waals surface area contributed by atoms with E-state index in [0.29, 0.717) is 5.32 Å². The zero-order chi connectivity index (χ0) is 6.41. The molecule has 4 nitrogen and oxygen atoms in total. The molecule has 47 valence electrons. The molecule has 0 saturated heterocycles. The van der Waals surface area contributed by atoms with Crippen LogP contribution in [0.4, 0.5) is 0 Å². The summed E-state index contributed by atoms with van der Waals surface area (Å²) in [7, 11) is 0. The van der Waals surface area contributed by atoms with Gasteiger partial charge in [-0.3, -0.25) is 0 Å². The van der Waals surface area contributed by atoms with Gasteiger partial charge in [0.1, 0.15) is 0 Å². The van der Waals surface area contributed by atoms with Crippen LogP contribution < -0.4 is 0 Å². The Bertz CT molecular complexity index is 97.5. The molecule has 0 N–H and O–H groups in total. The van der Waals surface area contributed by atoms with Gasteiger partial charge in [-0.05, 0) is 0 Å². The average Bonchev–Trinajstić information content (AvgIpc) is 1.83. The zero-order valence-corrected chi connectivity index (χ0v) is 5.16. The molecule has 0 radical (unpaired) electrons. The van der Waals surface area contributed by atoms with E-state index in [9.17, 15) is 9.81 Å². The molecule has 0 aliphatic heterocycles. The van der Waals surface area contributed by atoms with Crippen LogP contribution in [-0.4, -0.2) is 0 Å². The monoisotopic (exact) mass is 157 g/mol. The zero-order valence-electron chi connectivity index (χ0n) is 4.06. The topological polar surface area (TPSA) is 58.9 Å². The van der Waals surface area contributed by atoms with Gasteiger partial charge >= 0.3 is 50.5 Å². The second-order valence-corrected chi connectivity index (χ2v) is 2.63. The number of hydrogen-bond donors (Lipinski definition) is 0. The molecule has 8 heavy (non-hydrogen) atoms. The Kier molecular flexibility index (Phi) is 4.30. The second kappa shape index (κ2) is 4.61. The first-order chi connectivity index (χ1) is 3.85. The van der Waals surface area contributed by atoms with Gasteiger partial charge in [0.25, 0.3) is 0 Å². The normalized spacial score (nSPS) is 9.75. The average molecular weight is 157 g/mol. The van der Waals surface area contributed by atoms with Gasteiger partial charge in [0.15, 0.2) is 0 Å². The van der Waals surface area contributed by atoms with Crippen molar-refractivity contribution < 1.29 is 14.3 Å². The van der Waals surface area contributed by atoms with Crippen LogP contribution in [-0.2, 0) is 14.3 Å². The molecule has 0 bridgehead atoms. The van der Waals surface area contributed by atoms with Gasteiger partial charge in [-0.1, -0.05) is 0 Å². The molecular formula is C3H5FeN2O2. The van der Waals surface area contributed by atoms with Gasteiger partial charge in [-0.2, -0.15) is 0 Å². The molecule has 0 fully saturated rings. The fourth-order valence-corrected chi connectivity index (χ4v) is 0.642. The van der Waals surface area contributed by atoms with Crippen molar-refractivity contribution in [1.82, 2.24) is 0 Å². The van der Waals surface area contributed by atoms with Crippen LogP contribution in [0, 0.1) is 9.81 Å². The van der Waals surface area contributed by atoms with Gasteiger partial charge in [0.05, 0.1) is 0 Å². The predicted octanol–water partition coefficient (Wildman–Crippen LogP) is 1.57. The molecule has 0 aromatic heterocycles. The van der Waals surface area contributed by atoms with Gasteiger partial charge in [0, 0.05) is 0 Å². The van der Waals surface area contributed by atoms with Crippen LogP contribution >= 0.6 is 0 Å². The molecule has 0 rings (SSSR count). The summed E-state index contributed by atoms with van der Waals surface area (Å²) >= 11 is -1.69. The molecule has 0 amide bonds. The van der Waals surface area contributed by atoms with Gasteiger partial charge in [0.2, 0.25) is 0 Å². The van der Waals surface area contributed by atoms with Crippen LogP contribution in [0.3, 0.4) is 0 Å². The van der Waals surface area contributed by atoms with Crippen molar-refractivity contribution in [3.63, 3.8) is 0 Å². The van der Waals surface area contributed by atoms with Crippen LogP contribution in [0.1, 0.15) is 0 Å². The Morgan fingerprint density at radius 2 is 2.00 bits per heavy atom. The molecule has 0 aromatic carbocycles. The standard InChI is InChI=1S/C3H5.Fe.2NO/c1-3-2;;2*1-2/h3H,1-2H2;;;/q;+2;2*-1. The van der Waals surface area contributed by atoms with E-state index in [0.717, 1.165) is 0 Å². The van der Waals surface area contributed by atoms with Crippen molar-refractivity contribution in [3.05, 3.63) is 22.5 Å². The third-order valence-electron chi connectivity index (χ3n) is 0.380. The molecule has 0 aliphatic rings. The summed E-state index contributed by atoms with van der Waals surface area (Å²) in [6, 6.07) is 0. The van der Waals surface area contributed by atoms with Crippen molar-refractivity contribution in [1.29, 1.82) is 0 Å². The first-order valence-corrected chi connectivity index (χ1v) is 3.52. The van der Waals surface area contributed by atoms with Gasteiger partial charge in [-0.25, -0.2) is 0 Å². The first-order valence-electron chi connectivity index (χ1n) is 1.75. The Hall–Kier alpha value is -0.541. The SMILES string of the molecule is C=C[CH2][Fe]([N]=O)[N]=O. The summed E-state index contributed by atoms with van der Waals surface area (Å²) in [5, 5.41) is 0.312. The van der Waals surface area contributed by atoms with E-state index < -0.39 is 14.3 Å². The van der Waals surface area contributed by atoms with Crippen molar-refractivity contribution in [2.45, 2.75) is 5.32 Å². The summed E-state index contributed by atoms with van der Waals surface area (Å²) in [5.74, 6) is 0. The van der Waals surface area contributed by atoms with Crippen LogP contribution in [0.15, 0.2) is 21.0 Å². The van der Waals surface area contributed by atoms with E-state index in [-0.39, 0.29) is 0 Å². The molecule has 0 saturated carbocycles. The second-order valence-electron chi connectivity index (χ2n) is 0.856. The number of rotatable bonds is 4. The van der Waals surface area contributed by atoms with Gasteiger partial charge in [-0.15, -0.1) is 0 Å². The maximum absolute atomic E-state index is 9.57. The van der Waals surface area contributed by atoms with Gasteiger partial charge < -0.3 is 0 Å². The van der Waals surface area contributed by atoms with Crippen molar-refractivity contribution in [2.24, 2.45) is 8.39 Å². The Morgan fingerprint density at radius 1 is 1.50 bits per heavy atom. The Labute approximate surface area is 51.2 Å². The number of allylic oxidation sites excluding steroid dienone is 1. The van der Waals surface area contributed by atoms with Crippen molar-refractivity contribution in [3.8, 4) is 0 Å². The molecule has 0 aliphatic carbocycles. The van der Waals surface area contributed by atoms with E-state index >= 15 is 0 Å². The van der Waals surface area contributed by atoms with E-state index in [4.69, 9.17) is 0 Å².